The van der Waals surface area contributed by atoms with Crippen LogP contribution in [0.4, 0.5) is 0 Å². The van der Waals surface area contributed by atoms with Crippen molar-refractivity contribution in [3.63, 3.8) is 0 Å². The minimum atomic E-state index is -0.565. The number of aromatic hydroxyl groups is 1. The third-order valence-electron chi connectivity index (χ3n) is 4.89. The third-order valence-corrected chi connectivity index (χ3v) is 4.89. The van der Waals surface area contributed by atoms with Gasteiger partial charge in [-0.1, -0.05) is 42.0 Å². The molecular weight excluding hydrogens is 287 g/mol. The molecule has 1 aliphatic heterocycles. The van der Waals surface area contributed by atoms with E-state index in [-0.39, 0.29) is 5.75 Å². The summed E-state index contributed by atoms with van der Waals surface area (Å²) in [6.07, 6.45) is 0. The van der Waals surface area contributed by atoms with E-state index in [0.29, 0.717) is 5.46 Å². The molecule has 1 fully saturated rings. The van der Waals surface area contributed by atoms with Gasteiger partial charge >= 0.3 is 7.12 Å². The van der Waals surface area contributed by atoms with E-state index in [9.17, 15) is 5.11 Å². The monoisotopic (exact) mass is 310 g/mol. The first-order chi connectivity index (χ1) is 10.7. The second-order valence-electron chi connectivity index (χ2n) is 7.23. The Hall–Kier alpha value is -1.78. The highest BCUT2D eigenvalue weighted by Gasteiger charge is 2.52. The molecule has 120 valence electrons. The van der Waals surface area contributed by atoms with E-state index in [2.05, 4.69) is 25.1 Å². The van der Waals surface area contributed by atoms with Crippen LogP contribution in [0, 0.1) is 6.92 Å². The van der Waals surface area contributed by atoms with Crippen molar-refractivity contribution in [3.05, 3.63) is 48.0 Å². The van der Waals surface area contributed by atoms with E-state index >= 15 is 0 Å². The Morgan fingerprint density at radius 3 is 2.09 bits per heavy atom. The van der Waals surface area contributed by atoms with E-state index in [1.807, 2.05) is 45.9 Å². The maximum Gasteiger partial charge on any atom is 0.498 e. The van der Waals surface area contributed by atoms with Gasteiger partial charge in [-0.3, -0.25) is 0 Å². The van der Waals surface area contributed by atoms with Crippen molar-refractivity contribution in [2.75, 3.05) is 0 Å². The number of hydrogen-bond donors (Lipinski definition) is 1. The Labute approximate surface area is 138 Å². The summed E-state index contributed by atoms with van der Waals surface area (Å²) in [5, 5.41) is 10.3. The molecule has 3 rings (SSSR count). The van der Waals surface area contributed by atoms with E-state index in [1.54, 1.807) is 6.07 Å². The van der Waals surface area contributed by atoms with Gasteiger partial charge in [0, 0.05) is 5.46 Å². The Kier molecular flexibility index (Phi) is 3.78. The Bertz CT molecular complexity index is 721. The molecule has 3 nitrogen and oxygen atoms in total. The largest absolute Gasteiger partial charge is 0.508 e. The molecule has 0 radical (unpaired) electrons. The molecule has 1 heterocycles. The van der Waals surface area contributed by atoms with E-state index < -0.39 is 18.3 Å². The van der Waals surface area contributed by atoms with Gasteiger partial charge in [0.05, 0.1) is 11.2 Å². The average Bonchev–Trinajstić information content (AvgIpc) is 2.67. The SMILES string of the molecule is Cc1cccc(-c2ccc(O)c(B3OC(C)(C)C(C)(C)O3)c2)c1. The summed E-state index contributed by atoms with van der Waals surface area (Å²) in [6, 6.07) is 13.9. The minimum absolute atomic E-state index is 0.194. The molecule has 23 heavy (non-hydrogen) atoms. The van der Waals surface area contributed by atoms with Crippen LogP contribution in [-0.2, 0) is 9.31 Å². The molecule has 0 saturated carbocycles. The van der Waals surface area contributed by atoms with Gasteiger partial charge in [0.1, 0.15) is 5.75 Å². The van der Waals surface area contributed by atoms with Crippen LogP contribution in [0.1, 0.15) is 33.3 Å². The molecule has 2 aromatic carbocycles. The van der Waals surface area contributed by atoms with Crippen molar-refractivity contribution in [1.82, 2.24) is 0 Å². The molecule has 2 aromatic rings. The van der Waals surface area contributed by atoms with Crippen molar-refractivity contribution in [2.45, 2.75) is 45.8 Å². The van der Waals surface area contributed by atoms with E-state index in [0.717, 1.165) is 11.1 Å². The van der Waals surface area contributed by atoms with Gasteiger partial charge in [-0.25, -0.2) is 0 Å². The van der Waals surface area contributed by atoms with Crippen LogP contribution < -0.4 is 5.46 Å². The van der Waals surface area contributed by atoms with Crippen LogP contribution in [0.15, 0.2) is 42.5 Å². The fourth-order valence-electron chi connectivity index (χ4n) is 2.72. The standard InChI is InChI=1S/C19H23BO3/c1-13-7-6-8-14(11-13)15-9-10-17(21)16(12-15)20-22-18(2,3)19(4,5)23-20/h6-12,21H,1-5H3. The quantitative estimate of drug-likeness (QED) is 0.860. The van der Waals surface area contributed by atoms with Gasteiger partial charge in [-0.2, -0.15) is 0 Å². The highest BCUT2D eigenvalue weighted by Crippen LogP contribution is 2.37. The van der Waals surface area contributed by atoms with Gasteiger partial charge < -0.3 is 14.4 Å². The van der Waals surface area contributed by atoms with Crippen molar-refractivity contribution in [1.29, 1.82) is 0 Å². The smallest absolute Gasteiger partial charge is 0.498 e. The summed E-state index contributed by atoms with van der Waals surface area (Å²) >= 11 is 0. The molecule has 4 heteroatoms. The van der Waals surface area contributed by atoms with Crippen molar-refractivity contribution in [3.8, 4) is 16.9 Å². The number of aryl methyl sites for hydroxylation is 1. The first-order valence-electron chi connectivity index (χ1n) is 7.95. The molecule has 1 aliphatic rings. The lowest BCUT2D eigenvalue weighted by atomic mass is 9.77. The van der Waals surface area contributed by atoms with Gasteiger partial charge in [0.2, 0.25) is 0 Å². The number of hydrogen-bond acceptors (Lipinski definition) is 3. The highest BCUT2D eigenvalue weighted by molar-refractivity contribution is 6.63. The summed E-state index contributed by atoms with van der Waals surface area (Å²) in [6.45, 7) is 10.1. The summed E-state index contributed by atoms with van der Waals surface area (Å²) < 4.78 is 12.1. The third kappa shape index (κ3) is 2.89. The minimum Gasteiger partial charge on any atom is -0.508 e. The number of benzene rings is 2. The summed E-state index contributed by atoms with van der Waals surface area (Å²) in [7, 11) is -0.565. The molecule has 0 amide bonds. The second kappa shape index (κ2) is 5.39. The van der Waals surface area contributed by atoms with Crippen molar-refractivity contribution >= 4 is 12.6 Å². The zero-order valence-electron chi connectivity index (χ0n) is 14.4. The number of rotatable bonds is 2. The summed E-state index contributed by atoms with van der Waals surface area (Å²) in [5.41, 5.74) is 3.17. The Morgan fingerprint density at radius 2 is 1.48 bits per heavy atom. The maximum absolute atomic E-state index is 10.3. The zero-order chi connectivity index (χ0) is 16.8. The van der Waals surface area contributed by atoms with Crippen LogP contribution in [0.25, 0.3) is 11.1 Å². The summed E-state index contributed by atoms with van der Waals surface area (Å²) in [5.74, 6) is 0.194. The lowest BCUT2D eigenvalue weighted by Crippen LogP contribution is -2.41. The molecule has 0 atom stereocenters. The topological polar surface area (TPSA) is 38.7 Å². The maximum atomic E-state index is 10.3. The predicted molar refractivity (Wildman–Crippen MR) is 94.0 cm³/mol. The highest BCUT2D eigenvalue weighted by atomic mass is 16.7. The lowest BCUT2D eigenvalue weighted by molar-refractivity contribution is 0.00578. The molecule has 1 N–H and O–H groups in total. The fourth-order valence-corrected chi connectivity index (χ4v) is 2.72. The Morgan fingerprint density at radius 1 is 0.870 bits per heavy atom. The summed E-state index contributed by atoms with van der Waals surface area (Å²) in [4.78, 5) is 0. The molecule has 0 spiro atoms. The van der Waals surface area contributed by atoms with Gasteiger partial charge in [-0.05, 0) is 51.8 Å². The fraction of sp³-hybridized carbons (Fsp3) is 0.368. The molecule has 0 aliphatic carbocycles. The van der Waals surface area contributed by atoms with Gasteiger partial charge in [0.25, 0.3) is 0 Å². The van der Waals surface area contributed by atoms with Gasteiger partial charge in [-0.15, -0.1) is 0 Å². The van der Waals surface area contributed by atoms with Crippen molar-refractivity contribution in [2.24, 2.45) is 0 Å². The van der Waals surface area contributed by atoms with Crippen molar-refractivity contribution < 1.29 is 14.4 Å². The van der Waals surface area contributed by atoms with Crippen LogP contribution in [0.3, 0.4) is 0 Å². The van der Waals surface area contributed by atoms with Gasteiger partial charge in [0.15, 0.2) is 0 Å². The van der Waals surface area contributed by atoms with Crippen LogP contribution >= 0.6 is 0 Å². The van der Waals surface area contributed by atoms with E-state index in [4.69, 9.17) is 9.31 Å². The molecule has 0 aromatic heterocycles. The van der Waals surface area contributed by atoms with Crippen LogP contribution in [0.5, 0.6) is 5.75 Å². The Balaban J connectivity index is 2.00. The second-order valence-corrected chi connectivity index (χ2v) is 7.23. The van der Waals surface area contributed by atoms with Crippen LogP contribution in [0.2, 0.25) is 0 Å². The molecule has 0 bridgehead atoms. The van der Waals surface area contributed by atoms with E-state index in [1.165, 1.54) is 5.56 Å². The normalized spacial score (nSPS) is 19.1. The van der Waals surface area contributed by atoms with Crippen LogP contribution in [-0.4, -0.2) is 23.4 Å². The molecular formula is C19H23BO3. The lowest BCUT2D eigenvalue weighted by Gasteiger charge is -2.32. The number of phenols is 1. The zero-order valence-corrected chi connectivity index (χ0v) is 14.4. The predicted octanol–water partition coefficient (Wildman–Crippen LogP) is 3.67. The number of phenolic OH excluding ortho intramolecular Hbond substituents is 1. The first-order valence-corrected chi connectivity index (χ1v) is 7.95. The molecule has 0 unspecified atom stereocenters. The average molecular weight is 310 g/mol. The molecule has 1 saturated heterocycles. The first kappa shape index (κ1) is 16.1.